The molecule has 0 spiro atoms. The van der Waals surface area contributed by atoms with Gasteiger partial charge in [0.25, 0.3) is 0 Å². The fourth-order valence-electron chi connectivity index (χ4n) is 3.62. The number of hydrogen-bond donors (Lipinski definition) is 0. The van der Waals surface area contributed by atoms with Crippen LogP contribution >= 0.6 is 0 Å². The van der Waals surface area contributed by atoms with E-state index in [1.165, 1.54) is 34.1 Å². The zero-order valence-electron chi connectivity index (χ0n) is 12.2. The SMILES string of the molecule is CCO[C@@H]1CC[C@H](C)c2c1cc1occ(C)c1c2C. The van der Waals surface area contributed by atoms with Crippen LogP contribution in [0, 0.1) is 13.8 Å². The first kappa shape index (κ1) is 12.7. The Balaban J connectivity index is 2.26. The molecule has 1 aromatic carbocycles. The van der Waals surface area contributed by atoms with Crippen LogP contribution in [0.15, 0.2) is 16.7 Å². The van der Waals surface area contributed by atoms with Gasteiger partial charge in [-0.05, 0) is 67.9 Å². The van der Waals surface area contributed by atoms with Crippen LogP contribution in [0.4, 0.5) is 0 Å². The van der Waals surface area contributed by atoms with E-state index < -0.39 is 0 Å². The van der Waals surface area contributed by atoms with Crippen molar-refractivity contribution in [1.29, 1.82) is 0 Å². The Morgan fingerprint density at radius 1 is 1.32 bits per heavy atom. The normalized spacial score (nSPS) is 22.7. The molecule has 0 amide bonds. The summed E-state index contributed by atoms with van der Waals surface area (Å²) in [4.78, 5) is 0. The molecule has 0 fully saturated rings. The molecular formula is C17H22O2. The van der Waals surface area contributed by atoms with Crippen molar-refractivity contribution >= 4 is 11.0 Å². The number of rotatable bonds is 2. The minimum Gasteiger partial charge on any atom is -0.464 e. The highest BCUT2D eigenvalue weighted by molar-refractivity contribution is 5.86. The molecule has 1 heterocycles. The molecule has 1 aliphatic rings. The van der Waals surface area contributed by atoms with Crippen molar-refractivity contribution in [3.05, 3.63) is 34.6 Å². The summed E-state index contributed by atoms with van der Waals surface area (Å²) in [6.07, 6.45) is 4.43. The molecule has 0 N–H and O–H groups in total. The van der Waals surface area contributed by atoms with Crippen LogP contribution < -0.4 is 0 Å². The Morgan fingerprint density at radius 3 is 2.84 bits per heavy atom. The summed E-state index contributed by atoms with van der Waals surface area (Å²) in [6, 6.07) is 2.21. The van der Waals surface area contributed by atoms with Gasteiger partial charge < -0.3 is 9.15 Å². The maximum Gasteiger partial charge on any atom is 0.134 e. The molecule has 0 aliphatic heterocycles. The zero-order chi connectivity index (χ0) is 13.6. The van der Waals surface area contributed by atoms with Crippen LogP contribution in [0.2, 0.25) is 0 Å². The van der Waals surface area contributed by atoms with Crippen molar-refractivity contribution < 1.29 is 9.15 Å². The van der Waals surface area contributed by atoms with Gasteiger partial charge >= 0.3 is 0 Å². The Kier molecular flexibility index (Phi) is 3.14. The number of aryl methyl sites for hydroxylation is 2. The molecule has 0 bridgehead atoms. The first-order valence-corrected chi connectivity index (χ1v) is 7.26. The first-order valence-electron chi connectivity index (χ1n) is 7.26. The summed E-state index contributed by atoms with van der Waals surface area (Å²) in [6.45, 7) is 9.52. The van der Waals surface area contributed by atoms with E-state index in [9.17, 15) is 0 Å². The second kappa shape index (κ2) is 4.68. The molecule has 1 aliphatic carbocycles. The molecule has 1 aromatic heterocycles. The van der Waals surface area contributed by atoms with Gasteiger partial charge in [0.15, 0.2) is 0 Å². The Hall–Kier alpha value is -1.28. The molecule has 2 nitrogen and oxygen atoms in total. The average molecular weight is 258 g/mol. The Morgan fingerprint density at radius 2 is 2.11 bits per heavy atom. The molecule has 2 aromatic rings. The van der Waals surface area contributed by atoms with Crippen molar-refractivity contribution in [3.8, 4) is 0 Å². The van der Waals surface area contributed by atoms with Crippen molar-refractivity contribution in [3.63, 3.8) is 0 Å². The van der Waals surface area contributed by atoms with E-state index in [-0.39, 0.29) is 6.10 Å². The Labute approximate surface area is 114 Å². The number of fused-ring (bicyclic) bond motifs is 2. The van der Waals surface area contributed by atoms with Gasteiger partial charge in [0.05, 0.1) is 12.4 Å². The van der Waals surface area contributed by atoms with Gasteiger partial charge in [-0.15, -0.1) is 0 Å². The minimum absolute atomic E-state index is 0.240. The molecule has 102 valence electrons. The lowest BCUT2D eigenvalue weighted by molar-refractivity contribution is 0.0476. The van der Waals surface area contributed by atoms with E-state index in [1.54, 1.807) is 0 Å². The molecule has 2 heteroatoms. The molecule has 0 saturated carbocycles. The maximum atomic E-state index is 5.93. The van der Waals surface area contributed by atoms with Crippen LogP contribution in [0.5, 0.6) is 0 Å². The second-order valence-electron chi connectivity index (χ2n) is 5.72. The number of ether oxygens (including phenoxy) is 1. The Bertz CT molecular complexity index is 609. The third-order valence-corrected chi connectivity index (χ3v) is 4.45. The highest BCUT2D eigenvalue weighted by atomic mass is 16.5. The fourth-order valence-corrected chi connectivity index (χ4v) is 3.62. The van der Waals surface area contributed by atoms with Crippen LogP contribution in [-0.4, -0.2) is 6.61 Å². The van der Waals surface area contributed by atoms with Gasteiger partial charge in [-0.2, -0.15) is 0 Å². The number of hydrogen-bond acceptors (Lipinski definition) is 2. The first-order chi connectivity index (χ1) is 9.13. The minimum atomic E-state index is 0.240. The van der Waals surface area contributed by atoms with Gasteiger partial charge in [-0.3, -0.25) is 0 Å². The van der Waals surface area contributed by atoms with E-state index >= 15 is 0 Å². The summed E-state index contributed by atoms with van der Waals surface area (Å²) in [5.74, 6) is 0.616. The van der Waals surface area contributed by atoms with E-state index in [0.29, 0.717) is 5.92 Å². The van der Waals surface area contributed by atoms with Crippen LogP contribution in [0.3, 0.4) is 0 Å². The van der Waals surface area contributed by atoms with Crippen LogP contribution in [0.1, 0.15) is 61.0 Å². The summed E-state index contributed by atoms with van der Waals surface area (Å²) in [5, 5.41) is 1.29. The van der Waals surface area contributed by atoms with Crippen molar-refractivity contribution in [2.75, 3.05) is 6.61 Å². The lowest BCUT2D eigenvalue weighted by atomic mass is 9.78. The highest BCUT2D eigenvalue weighted by Crippen LogP contribution is 2.44. The third-order valence-electron chi connectivity index (χ3n) is 4.45. The second-order valence-corrected chi connectivity index (χ2v) is 5.72. The predicted molar refractivity (Wildman–Crippen MR) is 77.7 cm³/mol. The highest BCUT2D eigenvalue weighted by Gasteiger charge is 2.28. The van der Waals surface area contributed by atoms with Gasteiger partial charge in [0.1, 0.15) is 5.58 Å². The summed E-state index contributed by atoms with van der Waals surface area (Å²) in [5.41, 5.74) is 6.46. The number of benzene rings is 1. The van der Waals surface area contributed by atoms with Gasteiger partial charge in [-0.25, -0.2) is 0 Å². The summed E-state index contributed by atoms with van der Waals surface area (Å²) < 4.78 is 11.6. The largest absolute Gasteiger partial charge is 0.464 e. The smallest absolute Gasteiger partial charge is 0.134 e. The quantitative estimate of drug-likeness (QED) is 0.754. The molecule has 0 radical (unpaired) electrons. The molecule has 19 heavy (non-hydrogen) atoms. The van der Waals surface area contributed by atoms with Gasteiger partial charge in [0.2, 0.25) is 0 Å². The zero-order valence-corrected chi connectivity index (χ0v) is 12.2. The van der Waals surface area contributed by atoms with Gasteiger partial charge in [-0.1, -0.05) is 6.92 Å². The van der Waals surface area contributed by atoms with Crippen molar-refractivity contribution in [2.45, 2.75) is 52.6 Å². The number of furan rings is 1. The van der Waals surface area contributed by atoms with Crippen molar-refractivity contribution in [1.82, 2.24) is 0 Å². The standard InChI is InChI=1S/C17H22O2/c1-5-18-14-7-6-10(2)16-12(4)17-11(3)9-19-15(17)8-13(14)16/h8-10,14H,5-7H2,1-4H3/t10-,14+/m0/s1. The fraction of sp³-hybridized carbons (Fsp3) is 0.529. The topological polar surface area (TPSA) is 22.4 Å². The lowest BCUT2D eigenvalue weighted by Crippen LogP contribution is -2.16. The van der Waals surface area contributed by atoms with E-state index in [2.05, 4.69) is 33.8 Å². The predicted octanol–water partition coefficient (Wildman–Crippen LogP) is 5.02. The summed E-state index contributed by atoms with van der Waals surface area (Å²) in [7, 11) is 0. The molecule has 0 unspecified atom stereocenters. The maximum absolute atomic E-state index is 5.93. The monoisotopic (exact) mass is 258 g/mol. The van der Waals surface area contributed by atoms with Crippen molar-refractivity contribution in [2.24, 2.45) is 0 Å². The van der Waals surface area contributed by atoms with E-state index in [4.69, 9.17) is 9.15 Å². The summed E-state index contributed by atoms with van der Waals surface area (Å²) >= 11 is 0. The van der Waals surface area contributed by atoms with Gasteiger partial charge in [0, 0.05) is 12.0 Å². The lowest BCUT2D eigenvalue weighted by Gasteiger charge is -2.31. The third kappa shape index (κ3) is 1.90. The molecule has 0 saturated heterocycles. The van der Waals surface area contributed by atoms with Crippen LogP contribution in [-0.2, 0) is 4.74 Å². The molecular weight excluding hydrogens is 236 g/mol. The van der Waals surface area contributed by atoms with E-state index in [0.717, 1.165) is 18.6 Å². The van der Waals surface area contributed by atoms with Crippen LogP contribution in [0.25, 0.3) is 11.0 Å². The average Bonchev–Trinajstić information content (AvgIpc) is 2.75. The van der Waals surface area contributed by atoms with E-state index in [1.807, 2.05) is 6.26 Å². The molecule has 2 atom stereocenters. The molecule has 3 rings (SSSR count).